The Balaban J connectivity index is 3.06. The average Bonchev–Trinajstić information content (AvgIpc) is 2.24. The Morgan fingerprint density at radius 2 is 2.00 bits per heavy atom. The van der Waals surface area contributed by atoms with E-state index in [2.05, 4.69) is 4.72 Å². The van der Waals surface area contributed by atoms with E-state index in [0.29, 0.717) is 5.56 Å². The molecule has 0 aliphatic heterocycles. The van der Waals surface area contributed by atoms with E-state index in [4.69, 9.17) is 5.11 Å². The van der Waals surface area contributed by atoms with E-state index in [9.17, 15) is 12.8 Å². The number of aryl methyl sites for hydroxylation is 1. The van der Waals surface area contributed by atoms with Gasteiger partial charge in [-0.2, -0.15) is 0 Å². The predicted molar refractivity (Wildman–Crippen MR) is 67.2 cm³/mol. The molecule has 0 bridgehead atoms. The standard InChI is InChI=1S/C12H18FNO3S/c1-8(2)11(7-15)14-18(16,17)12-5-4-10(13)6-9(12)3/h4-6,8,11,14-15H,7H2,1-3H3/t11-/m1/s1. The summed E-state index contributed by atoms with van der Waals surface area (Å²) in [6, 6.07) is 2.93. The van der Waals surface area contributed by atoms with Crippen molar-refractivity contribution in [2.75, 3.05) is 6.61 Å². The Morgan fingerprint density at radius 3 is 2.44 bits per heavy atom. The van der Waals surface area contributed by atoms with Gasteiger partial charge in [0.2, 0.25) is 10.0 Å². The molecule has 4 nitrogen and oxygen atoms in total. The molecular weight excluding hydrogens is 257 g/mol. The lowest BCUT2D eigenvalue weighted by atomic mass is 10.1. The minimum absolute atomic E-state index is 0.0306. The van der Waals surface area contributed by atoms with Crippen LogP contribution in [0.5, 0.6) is 0 Å². The highest BCUT2D eigenvalue weighted by Crippen LogP contribution is 2.17. The molecule has 1 aromatic rings. The van der Waals surface area contributed by atoms with Gasteiger partial charge in [-0.05, 0) is 36.6 Å². The van der Waals surface area contributed by atoms with E-state index in [1.807, 2.05) is 0 Å². The Morgan fingerprint density at radius 1 is 1.39 bits per heavy atom. The van der Waals surface area contributed by atoms with E-state index in [1.165, 1.54) is 13.0 Å². The van der Waals surface area contributed by atoms with Gasteiger partial charge in [0, 0.05) is 6.04 Å². The van der Waals surface area contributed by atoms with Crippen molar-refractivity contribution >= 4 is 10.0 Å². The maximum absolute atomic E-state index is 12.9. The molecule has 6 heteroatoms. The second-order valence-electron chi connectivity index (χ2n) is 4.56. The fraction of sp³-hybridized carbons (Fsp3) is 0.500. The molecule has 0 fully saturated rings. The molecule has 0 aliphatic carbocycles. The van der Waals surface area contributed by atoms with E-state index < -0.39 is 21.9 Å². The minimum atomic E-state index is -3.74. The fourth-order valence-electron chi connectivity index (χ4n) is 1.56. The van der Waals surface area contributed by atoms with Gasteiger partial charge in [0.15, 0.2) is 0 Å². The minimum Gasteiger partial charge on any atom is -0.395 e. The monoisotopic (exact) mass is 275 g/mol. The highest BCUT2D eigenvalue weighted by Gasteiger charge is 2.23. The van der Waals surface area contributed by atoms with Gasteiger partial charge < -0.3 is 5.11 Å². The van der Waals surface area contributed by atoms with Gasteiger partial charge in [0.05, 0.1) is 11.5 Å². The molecule has 1 atom stereocenters. The maximum atomic E-state index is 12.9. The third kappa shape index (κ3) is 3.51. The molecule has 0 aromatic heterocycles. The van der Waals surface area contributed by atoms with Crippen LogP contribution in [0.2, 0.25) is 0 Å². The molecule has 102 valence electrons. The molecule has 0 unspecified atom stereocenters. The molecule has 1 aromatic carbocycles. The number of aliphatic hydroxyl groups excluding tert-OH is 1. The van der Waals surface area contributed by atoms with Crippen LogP contribution in [0, 0.1) is 18.7 Å². The maximum Gasteiger partial charge on any atom is 0.241 e. The van der Waals surface area contributed by atoms with Crippen molar-refractivity contribution in [3.8, 4) is 0 Å². The van der Waals surface area contributed by atoms with Crippen molar-refractivity contribution < 1.29 is 17.9 Å². The first kappa shape index (κ1) is 15.1. The zero-order valence-corrected chi connectivity index (χ0v) is 11.5. The summed E-state index contributed by atoms with van der Waals surface area (Å²) in [4.78, 5) is 0.0306. The summed E-state index contributed by atoms with van der Waals surface area (Å²) in [5.74, 6) is -0.514. The summed E-state index contributed by atoms with van der Waals surface area (Å²) in [7, 11) is -3.74. The summed E-state index contributed by atoms with van der Waals surface area (Å²) < 4.78 is 39.5. The number of aliphatic hydroxyl groups is 1. The second-order valence-corrected chi connectivity index (χ2v) is 6.25. The Bertz CT molecular complexity index is 514. The quantitative estimate of drug-likeness (QED) is 0.854. The van der Waals surface area contributed by atoms with Crippen LogP contribution >= 0.6 is 0 Å². The van der Waals surface area contributed by atoms with Crippen molar-refractivity contribution in [3.63, 3.8) is 0 Å². The van der Waals surface area contributed by atoms with Crippen LogP contribution in [0.15, 0.2) is 23.1 Å². The first-order valence-electron chi connectivity index (χ1n) is 5.67. The zero-order valence-electron chi connectivity index (χ0n) is 10.6. The Labute approximate surface area is 107 Å². The highest BCUT2D eigenvalue weighted by atomic mass is 32.2. The van der Waals surface area contributed by atoms with Gasteiger partial charge in [-0.3, -0.25) is 0 Å². The zero-order chi connectivity index (χ0) is 13.9. The Hall–Kier alpha value is -0.980. The molecule has 0 heterocycles. The van der Waals surface area contributed by atoms with E-state index in [1.54, 1.807) is 13.8 Å². The van der Waals surface area contributed by atoms with Crippen molar-refractivity contribution in [1.82, 2.24) is 4.72 Å². The van der Waals surface area contributed by atoms with Gasteiger partial charge in [-0.1, -0.05) is 13.8 Å². The van der Waals surface area contributed by atoms with E-state index >= 15 is 0 Å². The molecule has 1 rings (SSSR count). The predicted octanol–water partition coefficient (Wildman–Crippen LogP) is 1.43. The SMILES string of the molecule is Cc1cc(F)ccc1S(=O)(=O)N[C@H](CO)C(C)C. The van der Waals surface area contributed by atoms with Crippen LogP contribution in [-0.2, 0) is 10.0 Å². The molecule has 0 radical (unpaired) electrons. The molecule has 0 saturated carbocycles. The Kier molecular flexibility index (Phi) is 4.84. The summed E-state index contributed by atoms with van der Waals surface area (Å²) in [6.45, 7) is 4.86. The topological polar surface area (TPSA) is 66.4 Å². The fourth-order valence-corrected chi connectivity index (χ4v) is 3.16. The van der Waals surface area contributed by atoms with Crippen molar-refractivity contribution in [2.45, 2.75) is 31.7 Å². The van der Waals surface area contributed by atoms with Crippen LogP contribution in [0.4, 0.5) is 4.39 Å². The van der Waals surface area contributed by atoms with Gasteiger partial charge in [0.1, 0.15) is 5.82 Å². The average molecular weight is 275 g/mol. The number of halogens is 1. The largest absolute Gasteiger partial charge is 0.395 e. The van der Waals surface area contributed by atoms with Crippen LogP contribution < -0.4 is 4.72 Å². The lowest BCUT2D eigenvalue weighted by Gasteiger charge is -2.20. The van der Waals surface area contributed by atoms with Crippen LogP contribution in [0.25, 0.3) is 0 Å². The first-order valence-corrected chi connectivity index (χ1v) is 7.15. The summed E-state index contributed by atoms with van der Waals surface area (Å²) in [5, 5.41) is 9.13. The molecule has 0 amide bonds. The third-order valence-electron chi connectivity index (χ3n) is 2.73. The number of benzene rings is 1. The number of nitrogens with one attached hydrogen (secondary N) is 1. The molecule has 18 heavy (non-hydrogen) atoms. The van der Waals surface area contributed by atoms with E-state index in [0.717, 1.165) is 12.1 Å². The van der Waals surface area contributed by atoms with Gasteiger partial charge in [0.25, 0.3) is 0 Å². The number of hydrogen-bond donors (Lipinski definition) is 2. The smallest absolute Gasteiger partial charge is 0.241 e. The molecule has 0 saturated heterocycles. The van der Waals surface area contributed by atoms with Crippen molar-refractivity contribution in [1.29, 1.82) is 0 Å². The second kappa shape index (κ2) is 5.77. The molecule has 0 aliphatic rings. The van der Waals surface area contributed by atoms with Crippen LogP contribution in [0.1, 0.15) is 19.4 Å². The van der Waals surface area contributed by atoms with Crippen molar-refractivity contribution in [2.24, 2.45) is 5.92 Å². The van der Waals surface area contributed by atoms with Gasteiger partial charge >= 0.3 is 0 Å². The first-order chi connectivity index (χ1) is 8.27. The van der Waals surface area contributed by atoms with Crippen LogP contribution in [-0.4, -0.2) is 26.2 Å². The number of rotatable bonds is 5. The lowest BCUT2D eigenvalue weighted by Crippen LogP contribution is -2.41. The van der Waals surface area contributed by atoms with Gasteiger partial charge in [-0.25, -0.2) is 17.5 Å². The summed E-state index contributed by atoms with van der Waals surface area (Å²) in [5.41, 5.74) is 0.336. The molecular formula is C12H18FNO3S. The molecule has 2 N–H and O–H groups in total. The number of hydrogen-bond acceptors (Lipinski definition) is 3. The normalized spacial score (nSPS) is 13.9. The number of sulfonamides is 1. The molecule has 0 spiro atoms. The third-order valence-corrected chi connectivity index (χ3v) is 4.38. The summed E-state index contributed by atoms with van der Waals surface area (Å²) >= 11 is 0. The van der Waals surface area contributed by atoms with Crippen LogP contribution in [0.3, 0.4) is 0 Å². The van der Waals surface area contributed by atoms with E-state index in [-0.39, 0.29) is 17.4 Å². The van der Waals surface area contributed by atoms with Crippen molar-refractivity contribution in [3.05, 3.63) is 29.6 Å². The highest BCUT2D eigenvalue weighted by molar-refractivity contribution is 7.89. The van der Waals surface area contributed by atoms with Gasteiger partial charge in [-0.15, -0.1) is 0 Å². The lowest BCUT2D eigenvalue weighted by molar-refractivity contribution is 0.227. The summed E-state index contributed by atoms with van der Waals surface area (Å²) in [6.07, 6.45) is 0.